The van der Waals surface area contributed by atoms with E-state index in [4.69, 9.17) is 5.73 Å². The average molecular weight is 253 g/mol. The van der Waals surface area contributed by atoms with Crippen LogP contribution >= 0.6 is 16.1 Å². The molecule has 13 heavy (non-hydrogen) atoms. The van der Waals surface area contributed by atoms with Crippen LogP contribution in [0, 0.1) is 17.5 Å². The fourth-order valence-corrected chi connectivity index (χ4v) is 0.979. The molecule has 6 heteroatoms. The third kappa shape index (κ3) is 2.00. The second-order valence-electron chi connectivity index (χ2n) is 2.22. The molecule has 1 rings (SSSR count). The van der Waals surface area contributed by atoms with Gasteiger partial charge in [-0.3, -0.25) is 0 Å². The van der Waals surface area contributed by atoms with Crippen LogP contribution in [-0.2, 0) is 0 Å². The lowest BCUT2D eigenvalue weighted by molar-refractivity contribution is 0.493. The van der Waals surface area contributed by atoms with E-state index in [1.807, 2.05) is 0 Å². The molecule has 0 aromatic heterocycles. The Labute approximate surface area is 80.6 Å². The van der Waals surface area contributed by atoms with Gasteiger partial charge in [0.1, 0.15) is 11.7 Å². The number of hydrogen-bond acceptors (Lipinski definition) is 1. The molecule has 1 aromatic carbocycles. The highest BCUT2D eigenvalue weighted by molar-refractivity contribution is 9.08. The van der Waals surface area contributed by atoms with Gasteiger partial charge < -0.3 is 5.73 Å². The quantitative estimate of drug-likeness (QED) is 0.464. The first-order valence-corrected chi connectivity index (χ1v) is 3.86. The van der Waals surface area contributed by atoms with Crippen molar-refractivity contribution in [1.82, 2.24) is 0 Å². The lowest BCUT2D eigenvalue weighted by Gasteiger charge is -2.01. The summed E-state index contributed by atoms with van der Waals surface area (Å²) in [6, 6.07) is 1.19. The summed E-state index contributed by atoms with van der Waals surface area (Å²) in [7, 11) is 0. The van der Waals surface area contributed by atoms with Gasteiger partial charge in [-0.25, -0.2) is 13.2 Å². The lowest BCUT2D eigenvalue weighted by Crippen LogP contribution is -2.15. The summed E-state index contributed by atoms with van der Waals surface area (Å²) < 4.78 is 41.3. The third-order valence-electron chi connectivity index (χ3n) is 1.36. The highest BCUT2D eigenvalue weighted by Gasteiger charge is 2.13. The van der Waals surface area contributed by atoms with Gasteiger partial charge in [0.05, 0.1) is 21.7 Å². The molecule has 0 radical (unpaired) electrons. The van der Waals surface area contributed by atoms with E-state index < -0.39 is 23.0 Å². The van der Waals surface area contributed by atoms with Crippen LogP contribution in [0.15, 0.2) is 16.2 Å². The van der Waals surface area contributed by atoms with Crippen LogP contribution in [0.2, 0.25) is 0 Å². The van der Waals surface area contributed by atoms with E-state index >= 15 is 0 Å². The summed E-state index contributed by atoms with van der Waals surface area (Å²) in [5.74, 6) is -3.75. The number of benzene rings is 1. The number of rotatable bonds is 1. The molecule has 70 valence electrons. The molecule has 0 aliphatic carbocycles. The van der Waals surface area contributed by atoms with E-state index in [-0.39, 0.29) is 5.84 Å². The zero-order valence-corrected chi connectivity index (χ0v) is 7.78. The minimum absolute atomic E-state index is 0.323. The molecule has 0 aliphatic heterocycles. The minimum Gasteiger partial charge on any atom is -0.383 e. The van der Waals surface area contributed by atoms with Gasteiger partial charge in [-0.1, -0.05) is 0 Å². The predicted octanol–water partition coefficient (Wildman–Crippen LogP) is 2.12. The Morgan fingerprint density at radius 1 is 1.31 bits per heavy atom. The second kappa shape index (κ2) is 3.78. The Bertz CT molecular complexity index is 365. The van der Waals surface area contributed by atoms with Crippen molar-refractivity contribution in [1.29, 1.82) is 0 Å². The van der Waals surface area contributed by atoms with Crippen LogP contribution in [0.1, 0.15) is 5.56 Å². The first-order chi connectivity index (χ1) is 6.06. The van der Waals surface area contributed by atoms with Gasteiger partial charge >= 0.3 is 0 Å². The maximum atomic E-state index is 12.9. The van der Waals surface area contributed by atoms with Crippen molar-refractivity contribution in [3.8, 4) is 0 Å². The van der Waals surface area contributed by atoms with Crippen LogP contribution in [-0.4, -0.2) is 5.84 Å². The smallest absolute Gasteiger partial charge is 0.169 e. The van der Waals surface area contributed by atoms with Gasteiger partial charge in [0.2, 0.25) is 0 Å². The van der Waals surface area contributed by atoms with E-state index in [1.54, 1.807) is 0 Å². The first-order valence-electron chi connectivity index (χ1n) is 3.15. The summed E-state index contributed by atoms with van der Waals surface area (Å²) >= 11 is 2.59. The molecule has 0 unspecified atom stereocenters. The Hall–Kier alpha value is -1.04. The van der Waals surface area contributed by atoms with Gasteiger partial charge in [0.25, 0.3) is 0 Å². The third-order valence-corrected chi connectivity index (χ3v) is 1.74. The van der Waals surface area contributed by atoms with Crippen molar-refractivity contribution in [2.24, 2.45) is 9.75 Å². The van der Waals surface area contributed by atoms with E-state index in [9.17, 15) is 13.2 Å². The first kappa shape index (κ1) is 10.0. The molecule has 0 amide bonds. The topological polar surface area (TPSA) is 38.4 Å². The van der Waals surface area contributed by atoms with E-state index in [2.05, 4.69) is 20.2 Å². The van der Waals surface area contributed by atoms with Gasteiger partial charge in [0, 0.05) is 6.07 Å². The molecule has 0 atom stereocenters. The Kier molecular flexibility index (Phi) is 2.92. The number of halogens is 4. The van der Waals surface area contributed by atoms with Crippen LogP contribution in [0.3, 0.4) is 0 Å². The normalized spacial score (nSPS) is 11.8. The highest BCUT2D eigenvalue weighted by atomic mass is 79.9. The van der Waals surface area contributed by atoms with Crippen molar-refractivity contribution >= 4 is 22.0 Å². The monoisotopic (exact) mass is 252 g/mol. The maximum Gasteiger partial charge on any atom is 0.169 e. The summed E-state index contributed by atoms with van der Waals surface area (Å²) in [6.45, 7) is 0. The molecule has 0 saturated carbocycles. The minimum atomic E-state index is -1.30. The number of amidine groups is 1. The molecule has 0 heterocycles. The molecular weight excluding hydrogens is 249 g/mol. The average Bonchev–Trinajstić information content (AvgIpc) is 2.10. The van der Waals surface area contributed by atoms with Crippen LogP contribution in [0.25, 0.3) is 0 Å². The highest BCUT2D eigenvalue weighted by Crippen LogP contribution is 2.14. The van der Waals surface area contributed by atoms with Crippen LogP contribution in [0.4, 0.5) is 13.2 Å². The maximum absolute atomic E-state index is 12.9. The van der Waals surface area contributed by atoms with Crippen molar-refractivity contribution in [2.45, 2.75) is 0 Å². The van der Waals surface area contributed by atoms with Crippen molar-refractivity contribution in [3.05, 3.63) is 35.1 Å². The Morgan fingerprint density at radius 3 is 2.46 bits per heavy atom. The Balaban J connectivity index is 3.37. The lowest BCUT2D eigenvalue weighted by atomic mass is 10.2. The summed E-state index contributed by atoms with van der Waals surface area (Å²) in [6.07, 6.45) is 0. The van der Waals surface area contributed by atoms with Crippen LogP contribution in [0.5, 0.6) is 0 Å². The molecule has 0 fully saturated rings. The number of hydrogen-bond donors (Lipinski definition) is 1. The summed E-state index contributed by atoms with van der Waals surface area (Å²) in [5, 5.41) is 0. The molecule has 2 nitrogen and oxygen atoms in total. The van der Waals surface area contributed by atoms with E-state index in [0.29, 0.717) is 6.07 Å². The summed E-state index contributed by atoms with van der Waals surface area (Å²) in [5.41, 5.74) is 4.75. The second-order valence-corrected chi connectivity index (χ2v) is 2.57. The van der Waals surface area contributed by atoms with Gasteiger partial charge in [-0.05, 0) is 6.07 Å². The standard InChI is InChI=1S/C7H4BrF3N2/c8-13-7(12)4-1-3(9)2-5(10)6(4)11/h1-2H,(H2,12,13). The SMILES string of the molecule is NC(=NBr)c1cc(F)cc(F)c1F. The van der Waals surface area contributed by atoms with E-state index in [0.717, 1.165) is 6.07 Å². The van der Waals surface area contributed by atoms with Crippen LogP contribution < -0.4 is 5.73 Å². The van der Waals surface area contributed by atoms with Crippen molar-refractivity contribution in [2.75, 3.05) is 0 Å². The summed E-state index contributed by atoms with van der Waals surface area (Å²) in [4.78, 5) is 0. The molecule has 0 aliphatic rings. The van der Waals surface area contributed by atoms with E-state index in [1.165, 1.54) is 0 Å². The van der Waals surface area contributed by atoms with Gasteiger partial charge in [-0.2, -0.15) is 4.02 Å². The zero-order chi connectivity index (χ0) is 10.0. The fourth-order valence-electron chi connectivity index (χ4n) is 0.788. The molecule has 0 saturated heterocycles. The Morgan fingerprint density at radius 2 is 1.92 bits per heavy atom. The van der Waals surface area contributed by atoms with Crippen molar-refractivity contribution < 1.29 is 13.2 Å². The number of nitrogens with zero attached hydrogens (tertiary/aromatic N) is 1. The van der Waals surface area contributed by atoms with Gasteiger partial charge in [0.15, 0.2) is 11.6 Å². The van der Waals surface area contributed by atoms with Crippen molar-refractivity contribution in [3.63, 3.8) is 0 Å². The molecule has 1 aromatic rings. The zero-order valence-electron chi connectivity index (χ0n) is 6.19. The predicted molar refractivity (Wildman–Crippen MR) is 46.0 cm³/mol. The molecular formula is C7H4BrF3N2. The molecule has 0 spiro atoms. The largest absolute Gasteiger partial charge is 0.383 e. The molecule has 2 N–H and O–H groups in total. The fraction of sp³-hybridized carbons (Fsp3) is 0. The van der Waals surface area contributed by atoms with Gasteiger partial charge in [-0.15, -0.1) is 0 Å². The molecule has 0 bridgehead atoms. The number of nitrogens with two attached hydrogens (primary N) is 1.